The van der Waals surface area contributed by atoms with Gasteiger partial charge in [-0.3, -0.25) is 9.59 Å². The molecule has 0 aromatic heterocycles. The molecule has 0 heterocycles. The molecule has 1 aliphatic rings. The lowest BCUT2D eigenvalue weighted by molar-refractivity contribution is -0.147. The lowest BCUT2D eigenvalue weighted by Crippen LogP contribution is -2.57. The van der Waals surface area contributed by atoms with Crippen molar-refractivity contribution in [2.24, 2.45) is 0 Å². The van der Waals surface area contributed by atoms with Crippen molar-refractivity contribution in [3.8, 4) is 0 Å². The van der Waals surface area contributed by atoms with Crippen LogP contribution in [0.5, 0.6) is 0 Å². The molecule has 3 amide bonds. The first-order chi connectivity index (χ1) is 16.3. The summed E-state index contributed by atoms with van der Waals surface area (Å²) in [4.78, 5) is 41.5. The topological polar surface area (TPSA) is 87.7 Å². The van der Waals surface area contributed by atoms with Gasteiger partial charge in [0.05, 0.1) is 0 Å². The average molecular weight is 488 g/mol. The Bertz CT molecular complexity index is 898. The molecule has 0 spiro atoms. The SMILES string of the molecule is CCC(C)(C)N(C(=O)CNC(=O)OC(C)(C)C)C(C(=O)NC1CCCCC1)c1cccc(C)c1C. The summed E-state index contributed by atoms with van der Waals surface area (Å²) in [5.74, 6) is -0.495. The van der Waals surface area contributed by atoms with Crippen molar-refractivity contribution in [1.82, 2.24) is 15.5 Å². The second kappa shape index (κ2) is 11.9. The van der Waals surface area contributed by atoms with Crippen LogP contribution in [0.25, 0.3) is 0 Å². The van der Waals surface area contributed by atoms with Crippen LogP contribution in [0.4, 0.5) is 4.79 Å². The third-order valence-corrected chi connectivity index (χ3v) is 6.97. The zero-order chi connectivity index (χ0) is 26.4. The van der Waals surface area contributed by atoms with Crippen LogP contribution in [-0.4, -0.2) is 46.5 Å². The van der Waals surface area contributed by atoms with E-state index in [2.05, 4.69) is 10.6 Å². The average Bonchev–Trinajstić information content (AvgIpc) is 2.77. The first-order valence-corrected chi connectivity index (χ1v) is 12.9. The van der Waals surface area contributed by atoms with Gasteiger partial charge in [-0.2, -0.15) is 0 Å². The summed E-state index contributed by atoms with van der Waals surface area (Å²) >= 11 is 0. The van der Waals surface area contributed by atoms with Crippen LogP contribution in [0.2, 0.25) is 0 Å². The molecule has 1 saturated carbocycles. The van der Waals surface area contributed by atoms with Gasteiger partial charge < -0.3 is 20.3 Å². The maximum Gasteiger partial charge on any atom is 0.408 e. The number of hydrogen-bond donors (Lipinski definition) is 2. The molecule has 1 atom stereocenters. The molecule has 1 aromatic rings. The fourth-order valence-electron chi connectivity index (χ4n) is 4.54. The number of benzene rings is 1. The molecule has 2 rings (SSSR count). The zero-order valence-corrected chi connectivity index (χ0v) is 22.9. The van der Waals surface area contributed by atoms with Gasteiger partial charge in [-0.15, -0.1) is 0 Å². The summed E-state index contributed by atoms with van der Waals surface area (Å²) in [6.45, 7) is 15.0. The number of aryl methyl sites for hydroxylation is 1. The molecule has 35 heavy (non-hydrogen) atoms. The van der Waals surface area contributed by atoms with Crippen molar-refractivity contribution in [3.63, 3.8) is 0 Å². The Kier molecular flexibility index (Phi) is 9.76. The molecule has 2 N–H and O–H groups in total. The molecule has 1 aliphatic carbocycles. The molecular formula is C28H45N3O4. The maximum atomic E-state index is 13.9. The van der Waals surface area contributed by atoms with Gasteiger partial charge in [0, 0.05) is 11.6 Å². The molecule has 0 radical (unpaired) electrons. The highest BCUT2D eigenvalue weighted by Crippen LogP contribution is 2.34. The van der Waals surface area contributed by atoms with Crippen LogP contribution >= 0.6 is 0 Å². The smallest absolute Gasteiger partial charge is 0.408 e. The van der Waals surface area contributed by atoms with Gasteiger partial charge in [0.25, 0.3) is 0 Å². The molecule has 1 fully saturated rings. The second-order valence-electron chi connectivity index (χ2n) is 11.3. The highest BCUT2D eigenvalue weighted by molar-refractivity contribution is 5.91. The molecule has 0 bridgehead atoms. The number of amides is 3. The molecule has 1 unspecified atom stereocenters. The van der Waals surface area contributed by atoms with Crippen molar-refractivity contribution in [1.29, 1.82) is 0 Å². The monoisotopic (exact) mass is 487 g/mol. The van der Waals surface area contributed by atoms with E-state index in [0.29, 0.717) is 6.42 Å². The quantitative estimate of drug-likeness (QED) is 0.518. The van der Waals surface area contributed by atoms with E-state index < -0.39 is 23.3 Å². The summed E-state index contributed by atoms with van der Waals surface area (Å²) in [5.41, 5.74) is 1.56. The Morgan fingerprint density at radius 3 is 2.26 bits per heavy atom. The predicted octanol–water partition coefficient (Wildman–Crippen LogP) is 5.34. The van der Waals surface area contributed by atoms with Gasteiger partial charge in [-0.05, 0) is 84.4 Å². The van der Waals surface area contributed by atoms with Crippen molar-refractivity contribution in [3.05, 3.63) is 34.9 Å². The fraction of sp³-hybridized carbons (Fsp3) is 0.679. The van der Waals surface area contributed by atoms with E-state index in [1.54, 1.807) is 25.7 Å². The highest BCUT2D eigenvalue weighted by Gasteiger charge is 2.41. The number of nitrogens with one attached hydrogen (secondary N) is 2. The van der Waals surface area contributed by atoms with Crippen molar-refractivity contribution < 1.29 is 19.1 Å². The maximum absolute atomic E-state index is 13.9. The van der Waals surface area contributed by atoms with Crippen LogP contribution in [0, 0.1) is 13.8 Å². The number of hydrogen-bond acceptors (Lipinski definition) is 4. The Balaban J connectivity index is 2.44. The zero-order valence-electron chi connectivity index (χ0n) is 22.9. The van der Waals surface area contributed by atoms with Crippen molar-refractivity contribution in [2.75, 3.05) is 6.54 Å². The van der Waals surface area contributed by atoms with Gasteiger partial charge in [0.2, 0.25) is 11.8 Å². The van der Waals surface area contributed by atoms with Crippen LogP contribution in [0.1, 0.15) is 103 Å². The summed E-state index contributed by atoms with van der Waals surface area (Å²) in [7, 11) is 0. The molecule has 1 aromatic carbocycles. The van der Waals surface area contributed by atoms with Gasteiger partial charge in [0.15, 0.2) is 0 Å². The Morgan fingerprint density at radius 1 is 1.06 bits per heavy atom. The van der Waals surface area contributed by atoms with E-state index in [0.717, 1.165) is 42.4 Å². The van der Waals surface area contributed by atoms with Crippen LogP contribution in [0.15, 0.2) is 18.2 Å². The van der Waals surface area contributed by atoms with E-state index in [4.69, 9.17) is 4.74 Å². The number of carbonyl (C=O) groups excluding carboxylic acids is 3. The van der Waals surface area contributed by atoms with E-state index in [1.165, 1.54) is 6.42 Å². The second-order valence-corrected chi connectivity index (χ2v) is 11.3. The Labute approximate surface area is 211 Å². The number of rotatable bonds is 8. The first kappa shape index (κ1) is 28.7. The summed E-state index contributed by atoms with van der Waals surface area (Å²) < 4.78 is 5.31. The van der Waals surface area contributed by atoms with Crippen molar-refractivity contribution in [2.45, 2.75) is 117 Å². The van der Waals surface area contributed by atoms with Crippen LogP contribution in [-0.2, 0) is 14.3 Å². The van der Waals surface area contributed by atoms with Gasteiger partial charge in [0.1, 0.15) is 18.2 Å². The minimum atomic E-state index is -0.806. The van der Waals surface area contributed by atoms with Crippen molar-refractivity contribution >= 4 is 17.9 Å². The van der Waals surface area contributed by atoms with Crippen LogP contribution in [0.3, 0.4) is 0 Å². The number of ether oxygens (including phenoxy) is 1. The van der Waals surface area contributed by atoms with E-state index in [1.807, 2.05) is 52.8 Å². The molecule has 7 nitrogen and oxygen atoms in total. The summed E-state index contributed by atoms with van der Waals surface area (Å²) in [6.07, 6.45) is 5.28. The third-order valence-electron chi connectivity index (χ3n) is 6.97. The van der Waals surface area contributed by atoms with E-state index >= 15 is 0 Å². The van der Waals surface area contributed by atoms with Gasteiger partial charge >= 0.3 is 6.09 Å². The molecule has 196 valence electrons. The minimum Gasteiger partial charge on any atom is -0.444 e. The molecule has 0 saturated heterocycles. The minimum absolute atomic E-state index is 0.116. The number of nitrogens with zero attached hydrogens (tertiary/aromatic N) is 1. The Hall–Kier alpha value is -2.57. The normalized spacial score (nSPS) is 15.8. The summed E-state index contributed by atoms with van der Waals surface area (Å²) in [6, 6.07) is 5.18. The highest BCUT2D eigenvalue weighted by atomic mass is 16.6. The van der Waals surface area contributed by atoms with Gasteiger partial charge in [-0.25, -0.2) is 4.79 Å². The van der Waals surface area contributed by atoms with E-state index in [9.17, 15) is 14.4 Å². The fourth-order valence-corrected chi connectivity index (χ4v) is 4.54. The largest absolute Gasteiger partial charge is 0.444 e. The summed E-state index contributed by atoms with van der Waals surface area (Å²) in [5, 5.41) is 5.83. The van der Waals surface area contributed by atoms with Crippen LogP contribution < -0.4 is 10.6 Å². The first-order valence-electron chi connectivity index (χ1n) is 12.9. The number of alkyl carbamates (subject to hydrolysis) is 1. The number of carbonyl (C=O) groups is 3. The lowest BCUT2D eigenvalue weighted by Gasteiger charge is -2.44. The Morgan fingerprint density at radius 2 is 1.69 bits per heavy atom. The third kappa shape index (κ3) is 7.97. The molecular weight excluding hydrogens is 442 g/mol. The van der Waals surface area contributed by atoms with Gasteiger partial charge in [-0.1, -0.05) is 44.4 Å². The molecule has 0 aliphatic heterocycles. The predicted molar refractivity (Wildman–Crippen MR) is 139 cm³/mol. The van der Waals surface area contributed by atoms with E-state index in [-0.39, 0.29) is 24.4 Å². The molecule has 7 heteroatoms. The lowest BCUT2D eigenvalue weighted by atomic mass is 9.89. The standard InChI is InChI=1S/C28H45N3O4/c1-9-28(7,8)31(23(32)18-29-26(34)35-27(4,5)6)24(22-17-13-14-19(2)20(22)3)25(33)30-21-15-11-10-12-16-21/h13-14,17,21,24H,9-12,15-16,18H2,1-8H3,(H,29,34)(H,30,33).